The van der Waals surface area contributed by atoms with Gasteiger partial charge in [-0.1, -0.05) is 19.1 Å². The fraction of sp³-hybridized carbons (Fsp3) is 0.800. The Morgan fingerprint density at radius 3 is 2.71 bits per heavy atom. The zero-order valence-electron chi connectivity index (χ0n) is 4.40. The van der Waals surface area contributed by atoms with E-state index in [1.807, 2.05) is 0 Å². The standard InChI is InChI=1S/C5H9NS/c1-4-2-5(7)6-3-4/h4H,2-3H2,1H3,(H,6,7). The Morgan fingerprint density at radius 1 is 1.86 bits per heavy atom. The van der Waals surface area contributed by atoms with Gasteiger partial charge < -0.3 is 5.32 Å². The number of hydrogen-bond donors (Lipinski definition) is 1. The van der Waals surface area contributed by atoms with E-state index in [1.165, 1.54) is 0 Å². The van der Waals surface area contributed by atoms with E-state index in [4.69, 9.17) is 12.2 Å². The van der Waals surface area contributed by atoms with Gasteiger partial charge in [0.2, 0.25) is 0 Å². The van der Waals surface area contributed by atoms with Crippen LogP contribution in [0, 0.1) is 5.92 Å². The number of hydrogen-bond acceptors (Lipinski definition) is 1. The van der Waals surface area contributed by atoms with Gasteiger partial charge in [-0.15, -0.1) is 0 Å². The minimum Gasteiger partial charge on any atom is -0.379 e. The third kappa shape index (κ3) is 1.13. The van der Waals surface area contributed by atoms with E-state index in [0.29, 0.717) is 0 Å². The van der Waals surface area contributed by atoms with Gasteiger partial charge in [-0.2, -0.15) is 0 Å². The van der Waals surface area contributed by atoms with Crippen molar-refractivity contribution < 1.29 is 0 Å². The molecule has 1 nitrogen and oxygen atoms in total. The molecule has 1 atom stereocenters. The minimum atomic E-state index is 0.771. The van der Waals surface area contributed by atoms with Crippen LogP contribution in [-0.2, 0) is 0 Å². The second-order valence-electron chi connectivity index (χ2n) is 2.11. The van der Waals surface area contributed by atoms with Crippen LogP contribution >= 0.6 is 12.2 Å². The Bertz CT molecular complexity index is 90.1. The summed E-state index contributed by atoms with van der Waals surface area (Å²) in [4.78, 5) is 1.03. The monoisotopic (exact) mass is 115 g/mol. The summed E-state index contributed by atoms with van der Waals surface area (Å²) in [5, 5.41) is 3.10. The van der Waals surface area contributed by atoms with Gasteiger partial charge in [-0.25, -0.2) is 0 Å². The molecule has 0 amide bonds. The van der Waals surface area contributed by atoms with Crippen molar-refractivity contribution in [3.63, 3.8) is 0 Å². The molecule has 1 aliphatic rings. The first-order valence-corrected chi connectivity index (χ1v) is 2.96. The van der Waals surface area contributed by atoms with Crippen molar-refractivity contribution in [1.29, 1.82) is 0 Å². The second kappa shape index (κ2) is 1.78. The molecule has 7 heavy (non-hydrogen) atoms. The predicted octanol–water partition coefficient (Wildman–Crippen LogP) is 0.943. The van der Waals surface area contributed by atoms with Gasteiger partial charge in [-0.3, -0.25) is 0 Å². The minimum absolute atomic E-state index is 0.771. The van der Waals surface area contributed by atoms with Gasteiger partial charge in [0.1, 0.15) is 0 Å². The molecule has 1 saturated heterocycles. The first-order valence-electron chi connectivity index (χ1n) is 2.56. The average molecular weight is 115 g/mol. The summed E-state index contributed by atoms with van der Waals surface area (Å²) in [7, 11) is 0. The van der Waals surface area contributed by atoms with Gasteiger partial charge in [0.05, 0.1) is 4.99 Å². The Morgan fingerprint density at radius 2 is 2.57 bits per heavy atom. The molecule has 0 aliphatic carbocycles. The van der Waals surface area contributed by atoms with E-state index >= 15 is 0 Å². The molecule has 0 bridgehead atoms. The number of rotatable bonds is 0. The molecule has 1 heterocycles. The van der Waals surface area contributed by atoms with Crippen LogP contribution in [-0.4, -0.2) is 11.5 Å². The summed E-state index contributed by atoms with van der Waals surface area (Å²) in [6.45, 7) is 3.28. The summed E-state index contributed by atoms with van der Waals surface area (Å²) in [6, 6.07) is 0. The van der Waals surface area contributed by atoms with Crippen LogP contribution in [0.4, 0.5) is 0 Å². The lowest BCUT2D eigenvalue weighted by atomic mass is 10.2. The van der Waals surface area contributed by atoms with E-state index in [9.17, 15) is 0 Å². The highest BCUT2D eigenvalue weighted by molar-refractivity contribution is 7.80. The summed E-state index contributed by atoms with van der Waals surface area (Å²) in [6.07, 6.45) is 1.09. The van der Waals surface area contributed by atoms with Crippen LogP contribution in [0.3, 0.4) is 0 Å². The van der Waals surface area contributed by atoms with Crippen LogP contribution in [0.2, 0.25) is 0 Å². The van der Waals surface area contributed by atoms with Gasteiger partial charge in [0, 0.05) is 13.0 Å². The molecular formula is C5H9NS. The van der Waals surface area contributed by atoms with Crippen LogP contribution in [0.5, 0.6) is 0 Å². The van der Waals surface area contributed by atoms with Gasteiger partial charge in [0.15, 0.2) is 0 Å². The quantitative estimate of drug-likeness (QED) is 0.472. The van der Waals surface area contributed by atoms with Crippen molar-refractivity contribution in [2.75, 3.05) is 6.54 Å². The molecule has 2 heteroatoms. The van der Waals surface area contributed by atoms with Crippen LogP contribution < -0.4 is 5.32 Å². The van der Waals surface area contributed by atoms with Crippen molar-refractivity contribution in [1.82, 2.24) is 5.32 Å². The maximum absolute atomic E-state index is 4.88. The maximum Gasteiger partial charge on any atom is 0.0756 e. The molecule has 40 valence electrons. The highest BCUT2D eigenvalue weighted by atomic mass is 32.1. The molecule has 1 unspecified atom stereocenters. The first kappa shape index (κ1) is 5.04. The smallest absolute Gasteiger partial charge is 0.0756 e. The summed E-state index contributed by atoms with van der Waals surface area (Å²) in [5.41, 5.74) is 0. The van der Waals surface area contributed by atoms with Crippen molar-refractivity contribution in [3.8, 4) is 0 Å². The summed E-state index contributed by atoms with van der Waals surface area (Å²) < 4.78 is 0. The zero-order chi connectivity index (χ0) is 5.28. The van der Waals surface area contributed by atoms with Crippen LogP contribution in [0.1, 0.15) is 13.3 Å². The van der Waals surface area contributed by atoms with Crippen molar-refractivity contribution in [2.24, 2.45) is 5.92 Å². The van der Waals surface area contributed by atoms with E-state index in [-0.39, 0.29) is 0 Å². The van der Waals surface area contributed by atoms with Gasteiger partial charge >= 0.3 is 0 Å². The van der Waals surface area contributed by atoms with Crippen molar-refractivity contribution in [2.45, 2.75) is 13.3 Å². The molecule has 0 spiro atoms. The molecule has 1 fully saturated rings. The van der Waals surface area contributed by atoms with E-state index < -0.39 is 0 Å². The average Bonchev–Trinajstić information content (AvgIpc) is 1.87. The fourth-order valence-corrected chi connectivity index (χ4v) is 1.12. The molecule has 0 aromatic carbocycles. The Hall–Kier alpha value is -0.110. The molecule has 0 radical (unpaired) electrons. The lowest BCUT2D eigenvalue weighted by Crippen LogP contribution is -2.11. The summed E-state index contributed by atoms with van der Waals surface area (Å²) >= 11 is 4.88. The second-order valence-corrected chi connectivity index (χ2v) is 2.61. The molecule has 1 rings (SSSR count). The Kier molecular flexibility index (Phi) is 1.28. The Labute approximate surface area is 49.1 Å². The number of thiocarbonyl (C=S) groups is 1. The molecule has 0 aromatic heterocycles. The van der Waals surface area contributed by atoms with E-state index in [0.717, 1.165) is 23.9 Å². The third-order valence-electron chi connectivity index (χ3n) is 1.18. The Balaban J connectivity index is 2.40. The van der Waals surface area contributed by atoms with Gasteiger partial charge in [0.25, 0.3) is 0 Å². The largest absolute Gasteiger partial charge is 0.379 e. The third-order valence-corrected chi connectivity index (χ3v) is 1.49. The molecule has 1 N–H and O–H groups in total. The molecule has 1 aliphatic heterocycles. The highest BCUT2D eigenvalue weighted by Gasteiger charge is 2.11. The SMILES string of the molecule is CC1CNC(=S)C1. The normalized spacial score (nSPS) is 30.4. The van der Waals surface area contributed by atoms with E-state index in [1.54, 1.807) is 0 Å². The molecule has 0 saturated carbocycles. The van der Waals surface area contributed by atoms with Crippen LogP contribution in [0.15, 0.2) is 0 Å². The lowest BCUT2D eigenvalue weighted by Gasteiger charge is -1.89. The fourth-order valence-electron chi connectivity index (χ4n) is 0.749. The summed E-state index contributed by atoms with van der Waals surface area (Å²) in [5.74, 6) is 0.771. The zero-order valence-corrected chi connectivity index (χ0v) is 5.22. The molecular weight excluding hydrogens is 106 g/mol. The van der Waals surface area contributed by atoms with Crippen molar-refractivity contribution >= 4 is 17.2 Å². The predicted molar refractivity (Wildman–Crippen MR) is 34.4 cm³/mol. The highest BCUT2D eigenvalue weighted by Crippen LogP contribution is 2.06. The topological polar surface area (TPSA) is 12.0 Å². The number of nitrogens with one attached hydrogen (secondary N) is 1. The van der Waals surface area contributed by atoms with E-state index in [2.05, 4.69) is 12.2 Å². The molecule has 0 aromatic rings. The first-order chi connectivity index (χ1) is 3.29. The van der Waals surface area contributed by atoms with Gasteiger partial charge in [-0.05, 0) is 5.92 Å². The van der Waals surface area contributed by atoms with Crippen LogP contribution in [0.25, 0.3) is 0 Å². The maximum atomic E-state index is 4.88. The lowest BCUT2D eigenvalue weighted by molar-refractivity contribution is 0.655. The van der Waals surface area contributed by atoms with Crippen molar-refractivity contribution in [3.05, 3.63) is 0 Å².